The van der Waals surface area contributed by atoms with Gasteiger partial charge >= 0.3 is 0 Å². The zero-order valence-corrected chi connectivity index (χ0v) is 11.0. The van der Waals surface area contributed by atoms with E-state index < -0.39 is 0 Å². The molecule has 2 aliphatic rings. The molecular weight excluding hydrogens is 230 g/mol. The summed E-state index contributed by atoms with van der Waals surface area (Å²) in [6.45, 7) is 2.84. The molecule has 0 bridgehead atoms. The summed E-state index contributed by atoms with van der Waals surface area (Å²) in [6.07, 6.45) is 5.54. The van der Waals surface area contributed by atoms with Crippen molar-refractivity contribution in [1.82, 2.24) is 5.32 Å². The number of nitrogens with one attached hydrogen (secondary N) is 1. The third kappa shape index (κ3) is 3.54. The van der Waals surface area contributed by atoms with Gasteiger partial charge in [-0.3, -0.25) is 0 Å². The second-order valence-corrected chi connectivity index (χ2v) is 6.28. The molecule has 0 aliphatic heterocycles. The van der Waals surface area contributed by atoms with Gasteiger partial charge in [-0.05, 0) is 49.0 Å². The lowest BCUT2D eigenvalue weighted by Crippen LogP contribution is -2.26. The van der Waals surface area contributed by atoms with Gasteiger partial charge in [0.15, 0.2) is 0 Å². The van der Waals surface area contributed by atoms with Crippen molar-refractivity contribution >= 4 is 11.3 Å². The van der Waals surface area contributed by atoms with Gasteiger partial charge in [0.2, 0.25) is 0 Å². The molecule has 1 aromatic heterocycles. The highest BCUT2D eigenvalue weighted by atomic mass is 32.1. The van der Waals surface area contributed by atoms with Crippen molar-refractivity contribution in [2.24, 2.45) is 11.8 Å². The second kappa shape index (κ2) is 5.51. The van der Waals surface area contributed by atoms with Crippen LogP contribution in [-0.4, -0.2) is 19.8 Å². The highest BCUT2D eigenvalue weighted by molar-refractivity contribution is 7.10. The quantitative estimate of drug-likeness (QED) is 0.716. The molecular formula is C14H21NOS. The van der Waals surface area contributed by atoms with Crippen LogP contribution in [0.1, 0.15) is 36.6 Å². The van der Waals surface area contributed by atoms with Crippen LogP contribution in [0.15, 0.2) is 17.5 Å². The van der Waals surface area contributed by atoms with Gasteiger partial charge in [-0.15, -0.1) is 11.3 Å². The number of rotatable bonds is 8. The molecule has 1 atom stereocenters. The van der Waals surface area contributed by atoms with Crippen LogP contribution < -0.4 is 5.32 Å². The molecule has 0 spiro atoms. The summed E-state index contributed by atoms with van der Waals surface area (Å²) < 4.78 is 5.67. The van der Waals surface area contributed by atoms with Crippen molar-refractivity contribution < 1.29 is 4.74 Å². The van der Waals surface area contributed by atoms with Gasteiger partial charge in [0.05, 0.1) is 6.61 Å². The van der Waals surface area contributed by atoms with E-state index in [2.05, 4.69) is 22.8 Å². The average molecular weight is 251 g/mol. The SMILES string of the molecule is c1csc(C(NCCOCC2CC2)C2CC2)c1. The minimum atomic E-state index is 0.583. The first-order valence-electron chi connectivity index (χ1n) is 6.78. The summed E-state index contributed by atoms with van der Waals surface area (Å²) in [5.41, 5.74) is 0. The van der Waals surface area contributed by atoms with Crippen LogP contribution in [0, 0.1) is 11.8 Å². The topological polar surface area (TPSA) is 21.3 Å². The van der Waals surface area contributed by atoms with Crippen molar-refractivity contribution in [3.8, 4) is 0 Å². The Hall–Kier alpha value is -0.380. The molecule has 1 heterocycles. The molecule has 0 saturated heterocycles. The molecule has 94 valence electrons. The van der Waals surface area contributed by atoms with E-state index in [9.17, 15) is 0 Å². The van der Waals surface area contributed by atoms with E-state index >= 15 is 0 Å². The predicted molar refractivity (Wildman–Crippen MR) is 71.3 cm³/mol. The average Bonchev–Trinajstić information content (AvgIpc) is 3.25. The van der Waals surface area contributed by atoms with Gasteiger partial charge in [-0.1, -0.05) is 6.07 Å². The molecule has 1 aromatic rings. The van der Waals surface area contributed by atoms with E-state index in [1.165, 1.54) is 30.6 Å². The number of thiophene rings is 1. The normalized spacial score (nSPS) is 21.6. The van der Waals surface area contributed by atoms with Crippen molar-refractivity contribution in [2.45, 2.75) is 31.7 Å². The first-order chi connectivity index (χ1) is 8.43. The second-order valence-electron chi connectivity index (χ2n) is 5.30. The monoisotopic (exact) mass is 251 g/mol. The molecule has 2 aliphatic carbocycles. The smallest absolute Gasteiger partial charge is 0.0591 e. The summed E-state index contributed by atoms with van der Waals surface area (Å²) >= 11 is 1.87. The van der Waals surface area contributed by atoms with Crippen molar-refractivity contribution in [2.75, 3.05) is 19.8 Å². The standard InChI is InChI=1S/C14H21NOS/c1-2-13(17-9-1)14(12-5-6-12)15-7-8-16-10-11-3-4-11/h1-2,9,11-12,14-15H,3-8,10H2. The van der Waals surface area contributed by atoms with Crippen LogP contribution in [0.5, 0.6) is 0 Å². The van der Waals surface area contributed by atoms with Crippen molar-refractivity contribution in [3.05, 3.63) is 22.4 Å². The molecule has 1 unspecified atom stereocenters. The summed E-state index contributed by atoms with van der Waals surface area (Å²) in [5.74, 6) is 1.75. The highest BCUT2D eigenvalue weighted by Gasteiger charge is 2.32. The Morgan fingerprint density at radius 3 is 2.88 bits per heavy atom. The van der Waals surface area contributed by atoms with Crippen LogP contribution in [0.25, 0.3) is 0 Å². The summed E-state index contributed by atoms with van der Waals surface area (Å²) in [4.78, 5) is 1.50. The summed E-state index contributed by atoms with van der Waals surface area (Å²) in [7, 11) is 0. The van der Waals surface area contributed by atoms with Gasteiger partial charge in [0, 0.05) is 24.1 Å². The van der Waals surface area contributed by atoms with Crippen LogP contribution in [0.2, 0.25) is 0 Å². The van der Waals surface area contributed by atoms with Gasteiger partial charge in [-0.2, -0.15) is 0 Å². The zero-order chi connectivity index (χ0) is 11.5. The number of hydrogen-bond acceptors (Lipinski definition) is 3. The molecule has 0 radical (unpaired) electrons. The zero-order valence-electron chi connectivity index (χ0n) is 10.2. The Labute approximate surface area is 107 Å². The Bertz CT molecular complexity index is 330. The summed E-state index contributed by atoms with van der Waals surface area (Å²) in [5, 5.41) is 5.84. The third-order valence-corrected chi connectivity index (χ3v) is 4.56. The lowest BCUT2D eigenvalue weighted by molar-refractivity contribution is 0.123. The molecule has 0 amide bonds. The van der Waals surface area contributed by atoms with E-state index in [1.54, 1.807) is 0 Å². The highest BCUT2D eigenvalue weighted by Crippen LogP contribution is 2.42. The predicted octanol–water partition coefficient (Wildman–Crippen LogP) is 3.22. The van der Waals surface area contributed by atoms with E-state index in [1.807, 2.05) is 11.3 Å². The summed E-state index contributed by atoms with van der Waals surface area (Å²) in [6, 6.07) is 4.99. The molecule has 0 aromatic carbocycles. The van der Waals surface area contributed by atoms with Crippen LogP contribution >= 0.6 is 11.3 Å². The van der Waals surface area contributed by atoms with E-state index in [4.69, 9.17) is 4.74 Å². The molecule has 3 heteroatoms. The fraction of sp³-hybridized carbons (Fsp3) is 0.714. The number of hydrogen-bond donors (Lipinski definition) is 1. The molecule has 3 rings (SSSR count). The van der Waals surface area contributed by atoms with E-state index in [0.29, 0.717) is 6.04 Å². The maximum Gasteiger partial charge on any atom is 0.0591 e. The van der Waals surface area contributed by atoms with Gasteiger partial charge in [0.25, 0.3) is 0 Å². The van der Waals surface area contributed by atoms with Crippen LogP contribution in [0.4, 0.5) is 0 Å². The lowest BCUT2D eigenvalue weighted by atomic mass is 10.1. The largest absolute Gasteiger partial charge is 0.380 e. The molecule has 2 fully saturated rings. The molecule has 1 N–H and O–H groups in total. The maximum absolute atomic E-state index is 5.67. The molecule has 2 saturated carbocycles. The third-order valence-electron chi connectivity index (χ3n) is 3.60. The molecule has 17 heavy (non-hydrogen) atoms. The Balaban J connectivity index is 1.38. The fourth-order valence-corrected chi connectivity index (χ4v) is 3.11. The Morgan fingerprint density at radius 1 is 1.35 bits per heavy atom. The first-order valence-corrected chi connectivity index (χ1v) is 7.66. The van der Waals surface area contributed by atoms with Gasteiger partial charge in [-0.25, -0.2) is 0 Å². The van der Waals surface area contributed by atoms with Crippen LogP contribution in [0.3, 0.4) is 0 Å². The van der Waals surface area contributed by atoms with Gasteiger partial charge in [0.1, 0.15) is 0 Å². The first kappa shape index (κ1) is 11.7. The number of ether oxygens (including phenoxy) is 1. The van der Waals surface area contributed by atoms with E-state index in [0.717, 1.165) is 31.6 Å². The van der Waals surface area contributed by atoms with Crippen molar-refractivity contribution in [3.63, 3.8) is 0 Å². The molecule has 2 nitrogen and oxygen atoms in total. The van der Waals surface area contributed by atoms with Crippen molar-refractivity contribution in [1.29, 1.82) is 0 Å². The fourth-order valence-electron chi connectivity index (χ4n) is 2.22. The van der Waals surface area contributed by atoms with Crippen LogP contribution in [-0.2, 0) is 4.74 Å². The minimum absolute atomic E-state index is 0.583. The van der Waals surface area contributed by atoms with Gasteiger partial charge < -0.3 is 10.1 Å². The maximum atomic E-state index is 5.67. The minimum Gasteiger partial charge on any atom is -0.380 e. The lowest BCUT2D eigenvalue weighted by Gasteiger charge is -2.16. The van der Waals surface area contributed by atoms with E-state index in [-0.39, 0.29) is 0 Å². The Morgan fingerprint density at radius 2 is 2.24 bits per heavy atom. The Kier molecular flexibility index (Phi) is 3.79.